The highest BCUT2D eigenvalue weighted by Crippen LogP contribution is 2.31. The molecule has 8 heteroatoms. The number of nitrogens with one attached hydrogen (secondary N) is 2. The molecule has 2 rings (SSSR count). The molecule has 2 amide bonds. The maximum atomic E-state index is 12.8. The highest BCUT2D eigenvalue weighted by molar-refractivity contribution is 6.31. The van der Waals surface area contributed by atoms with Crippen LogP contribution in [0.25, 0.3) is 0 Å². The molecule has 28 heavy (non-hydrogen) atoms. The average Bonchev–Trinajstić information content (AvgIpc) is 3.18. The number of nitrogens with zero attached hydrogens (tertiary/aromatic N) is 1. The second kappa shape index (κ2) is 9.80. The maximum Gasteiger partial charge on any atom is 0.251 e. The van der Waals surface area contributed by atoms with E-state index in [1.165, 1.54) is 7.05 Å². The molecule has 1 aliphatic rings. The molecular weight excluding hydrogens is 380 g/mol. The summed E-state index contributed by atoms with van der Waals surface area (Å²) in [7, 11) is 1.52. The van der Waals surface area contributed by atoms with Crippen molar-refractivity contribution >= 4 is 29.1 Å². The fourth-order valence-electron chi connectivity index (χ4n) is 3.41. The van der Waals surface area contributed by atoms with E-state index in [2.05, 4.69) is 22.5 Å². The molecule has 1 unspecified atom stereocenters. The van der Waals surface area contributed by atoms with E-state index in [4.69, 9.17) is 22.1 Å². The lowest BCUT2D eigenvalue weighted by atomic mass is 10.0. The smallest absolute Gasteiger partial charge is 0.251 e. The third-order valence-electron chi connectivity index (χ3n) is 4.99. The summed E-state index contributed by atoms with van der Waals surface area (Å²) in [6, 6.07) is 3.80. The van der Waals surface area contributed by atoms with Crippen molar-refractivity contribution in [2.45, 2.75) is 33.2 Å². The summed E-state index contributed by atoms with van der Waals surface area (Å²) in [6.07, 6.45) is 0.942. The Labute approximate surface area is 171 Å². The Bertz CT molecular complexity index is 769. The van der Waals surface area contributed by atoms with E-state index in [-0.39, 0.29) is 24.4 Å². The van der Waals surface area contributed by atoms with E-state index < -0.39 is 0 Å². The Balaban J connectivity index is 2.28. The predicted octanol–water partition coefficient (Wildman–Crippen LogP) is 1.97. The number of benzene rings is 1. The van der Waals surface area contributed by atoms with Gasteiger partial charge in [-0.3, -0.25) is 9.59 Å². The summed E-state index contributed by atoms with van der Waals surface area (Å²) in [5, 5.41) is 5.79. The van der Waals surface area contributed by atoms with Crippen molar-refractivity contribution in [3.63, 3.8) is 0 Å². The lowest BCUT2D eigenvalue weighted by Crippen LogP contribution is -2.37. The van der Waals surface area contributed by atoms with Crippen LogP contribution < -0.4 is 21.3 Å². The molecule has 0 spiro atoms. The number of rotatable bonds is 7. The molecule has 7 nitrogen and oxygen atoms in total. The van der Waals surface area contributed by atoms with Crippen molar-refractivity contribution in [1.82, 2.24) is 10.6 Å². The van der Waals surface area contributed by atoms with E-state index >= 15 is 0 Å². The number of hydrogen-bond donors (Lipinski definition) is 3. The molecule has 0 bridgehead atoms. The molecule has 1 aromatic rings. The molecule has 0 radical (unpaired) electrons. The first-order valence-electron chi connectivity index (χ1n) is 9.40. The van der Waals surface area contributed by atoms with Crippen molar-refractivity contribution in [2.75, 3.05) is 38.3 Å². The Hall–Kier alpha value is -2.25. The van der Waals surface area contributed by atoms with E-state index in [1.54, 1.807) is 13.0 Å². The third kappa shape index (κ3) is 4.97. The van der Waals surface area contributed by atoms with E-state index in [1.807, 2.05) is 13.0 Å². The first-order valence-corrected chi connectivity index (χ1v) is 9.77. The molecule has 1 fully saturated rings. The number of halogens is 1. The predicted molar refractivity (Wildman–Crippen MR) is 112 cm³/mol. The Morgan fingerprint density at radius 3 is 2.64 bits per heavy atom. The summed E-state index contributed by atoms with van der Waals surface area (Å²) in [6.45, 7) is 7.83. The van der Waals surface area contributed by atoms with Crippen LogP contribution in [0.3, 0.4) is 0 Å². The van der Waals surface area contributed by atoms with Crippen LogP contribution in [-0.4, -0.2) is 51.2 Å². The van der Waals surface area contributed by atoms with E-state index in [0.29, 0.717) is 28.5 Å². The molecule has 1 saturated heterocycles. The van der Waals surface area contributed by atoms with Crippen molar-refractivity contribution < 1.29 is 14.3 Å². The van der Waals surface area contributed by atoms with Gasteiger partial charge >= 0.3 is 0 Å². The van der Waals surface area contributed by atoms with Gasteiger partial charge in [-0.1, -0.05) is 11.6 Å². The van der Waals surface area contributed by atoms with Gasteiger partial charge in [-0.2, -0.15) is 0 Å². The minimum absolute atomic E-state index is 0.0378. The quantitative estimate of drug-likeness (QED) is 0.599. The Morgan fingerprint density at radius 2 is 2.11 bits per heavy atom. The van der Waals surface area contributed by atoms with Gasteiger partial charge in [0.05, 0.1) is 24.8 Å². The normalized spacial score (nSPS) is 17.1. The highest BCUT2D eigenvalue weighted by atomic mass is 35.5. The lowest BCUT2D eigenvalue weighted by Gasteiger charge is -2.31. The first kappa shape index (κ1) is 22.0. The zero-order chi connectivity index (χ0) is 20.8. The van der Waals surface area contributed by atoms with Crippen molar-refractivity contribution in [1.29, 1.82) is 0 Å². The zero-order valence-electron chi connectivity index (χ0n) is 16.9. The fraction of sp³-hybridized carbons (Fsp3) is 0.500. The van der Waals surface area contributed by atoms with Crippen LogP contribution in [0, 0.1) is 6.92 Å². The monoisotopic (exact) mass is 408 g/mol. The van der Waals surface area contributed by atoms with Gasteiger partial charge in [-0.05, 0) is 44.9 Å². The van der Waals surface area contributed by atoms with Crippen LogP contribution >= 0.6 is 11.6 Å². The largest absolute Gasteiger partial charge is 0.402 e. The summed E-state index contributed by atoms with van der Waals surface area (Å²) in [5.74, 6) is -0.621. The number of hydrogen-bond acceptors (Lipinski definition) is 5. The molecule has 0 aromatic heterocycles. The van der Waals surface area contributed by atoms with Gasteiger partial charge in [0.25, 0.3) is 5.91 Å². The van der Waals surface area contributed by atoms with Crippen LogP contribution in [0.1, 0.15) is 36.2 Å². The number of allylic oxidation sites excluding steroid dienone is 1. The second-order valence-electron chi connectivity index (χ2n) is 6.82. The number of anilines is 1. The number of likely N-dealkylation sites (N-methyl/N-ethyl adjacent to an activating group) is 2. The molecule has 1 aliphatic heterocycles. The van der Waals surface area contributed by atoms with Gasteiger partial charge in [0.2, 0.25) is 5.91 Å². The summed E-state index contributed by atoms with van der Waals surface area (Å²) in [5.41, 5.74) is 8.70. The van der Waals surface area contributed by atoms with Gasteiger partial charge in [0, 0.05) is 42.2 Å². The van der Waals surface area contributed by atoms with Crippen molar-refractivity contribution in [2.24, 2.45) is 5.73 Å². The lowest BCUT2D eigenvalue weighted by molar-refractivity contribution is -0.117. The fourth-order valence-corrected chi connectivity index (χ4v) is 3.62. The van der Waals surface area contributed by atoms with Gasteiger partial charge in [0.15, 0.2) is 0 Å². The maximum absolute atomic E-state index is 12.8. The molecule has 0 aliphatic carbocycles. The molecule has 154 valence electrons. The summed E-state index contributed by atoms with van der Waals surface area (Å²) in [4.78, 5) is 27.0. The minimum atomic E-state index is -0.317. The standard InChI is InChI=1S/C20H29ClN4O3/c1-5-25(15-6-7-28-11-15)18-9-14(21)8-16(12(18)2)20(27)24-10-17(13(3)22)19(26)23-4/h8-9,15H,5-7,10-11,22H2,1-4H3,(H,23,26)(H,24,27)/b17-13-. The number of nitrogens with two attached hydrogens (primary N) is 1. The van der Waals surface area contributed by atoms with E-state index in [9.17, 15) is 9.59 Å². The summed E-state index contributed by atoms with van der Waals surface area (Å²) < 4.78 is 5.52. The van der Waals surface area contributed by atoms with Gasteiger partial charge in [-0.25, -0.2) is 0 Å². The molecule has 1 atom stereocenters. The second-order valence-corrected chi connectivity index (χ2v) is 7.26. The third-order valence-corrected chi connectivity index (χ3v) is 5.21. The van der Waals surface area contributed by atoms with Crippen molar-refractivity contribution in [3.05, 3.63) is 39.6 Å². The number of carbonyl (C=O) groups is 2. The molecule has 4 N–H and O–H groups in total. The molecule has 1 aromatic carbocycles. The van der Waals surface area contributed by atoms with Crippen LogP contribution in [0.15, 0.2) is 23.4 Å². The van der Waals surface area contributed by atoms with Gasteiger partial charge in [-0.15, -0.1) is 0 Å². The van der Waals surface area contributed by atoms with Crippen molar-refractivity contribution in [3.8, 4) is 0 Å². The Kier molecular flexibility index (Phi) is 7.71. The number of ether oxygens (including phenoxy) is 1. The first-order chi connectivity index (χ1) is 13.3. The van der Waals surface area contributed by atoms with E-state index in [0.717, 1.165) is 30.8 Å². The van der Waals surface area contributed by atoms with Gasteiger partial charge in [0.1, 0.15) is 0 Å². The van der Waals surface area contributed by atoms with Gasteiger partial charge < -0.3 is 26.0 Å². The minimum Gasteiger partial charge on any atom is -0.402 e. The average molecular weight is 409 g/mol. The summed E-state index contributed by atoms with van der Waals surface area (Å²) >= 11 is 6.33. The van der Waals surface area contributed by atoms with Crippen LogP contribution in [0.4, 0.5) is 5.69 Å². The highest BCUT2D eigenvalue weighted by Gasteiger charge is 2.25. The number of amides is 2. The SMILES string of the molecule is CCN(c1cc(Cl)cc(C(=O)NC/C(C(=O)NC)=C(\C)N)c1C)C1CCOC1. The topological polar surface area (TPSA) is 96.7 Å². The van der Waals surface area contributed by atoms with Crippen LogP contribution in [0.2, 0.25) is 5.02 Å². The molecular formula is C20H29ClN4O3. The Morgan fingerprint density at radius 1 is 1.39 bits per heavy atom. The van der Waals surface area contributed by atoms with Crippen LogP contribution in [-0.2, 0) is 9.53 Å². The molecule has 0 saturated carbocycles. The zero-order valence-corrected chi connectivity index (χ0v) is 17.7. The molecule has 1 heterocycles. The number of carbonyl (C=O) groups excluding carboxylic acids is 2. The van der Waals surface area contributed by atoms with Crippen LogP contribution in [0.5, 0.6) is 0 Å².